The van der Waals surface area contributed by atoms with Gasteiger partial charge in [0.05, 0.1) is 12.7 Å². The molecule has 0 atom stereocenters. The van der Waals surface area contributed by atoms with E-state index in [4.69, 9.17) is 0 Å². The normalized spacial score (nSPS) is 11.2. The van der Waals surface area contributed by atoms with Crippen LogP contribution in [0.3, 0.4) is 0 Å². The third kappa shape index (κ3) is 1.88. The standard InChI is InChI=1S/C15H11N5O/c21-15-14-12(20-13(17-18-14)6-8-16-20)7-9-19(15)10-11-4-2-1-3-5-11/h1-9H,10H2. The predicted octanol–water partition coefficient (Wildman–Crippen LogP) is 1.49. The van der Waals surface area contributed by atoms with E-state index in [2.05, 4.69) is 15.3 Å². The molecule has 6 heteroatoms. The Hall–Kier alpha value is -3.02. The second-order valence-electron chi connectivity index (χ2n) is 4.77. The largest absolute Gasteiger partial charge is 0.309 e. The van der Waals surface area contributed by atoms with Crippen LogP contribution in [0.5, 0.6) is 0 Å². The molecule has 0 aliphatic carbocycles. The molecule has 4 aromatic rings. The number of fused-ring (bicyclic) bond motifs is 3. The zero-order valence-electron chi connectivity index (χ0n) is 11.0. The minimum absolute atomic E-state index is 0.166. The lowest BCUT2D eigenvalue weighted by atomic mass is 10.2. The van der Waals surface area contributed by atoms with E-state index in [1.807, 2.05) is 36.4 Å². The van der Waals surface area contributed by atoms with E-state index >= 15 is 0 Å². The van der Waals surface area contributed by atoms with E-state index in [9.17, 15) is 4.79 Å². The van der Waals surface area contributed by atoms with Gasteiger partial charge in [-0.05, 0) is 11.6 Å². The second kappa shape index (κ2) is 4.52. The Balaban J connectivity index is 1.90. The van der Waals surface area contributed by atoms with Gasteiger partial charge in [-0.15, -0.1) is 10.2 Å². The topological polar surface area (TPSA) is 65.1 Å². The lowest BCUT2D eigenvalue weighted by molar-refractivity contribution is 0.760. The molecule has 102 valence electrons. The van der Waals surface area contributed by atoms with Crippen LogP contribution in [-0.4, -0.2) is 24.4 Å². The highest BCUT2D eigenvalue weighted by Gasteiger charge is 2.09. The molecule has 0 saturated carbocycles. The smallest absolute Gasteiger partial charge is 0.280 e. The van der Waals surface area contributed by atoms with Crippen molar-refractivity contribution in [1.82, 2.24) is 24.4 Å². The summed E-state index contributed by atoms with van der Waals surface area (Å²) in [5, 5.41) is 12.2. The van der Waals surface area contributed by atoms with Crippen molar-refractivity contribution < 1.29 is 0 Å². The van der Waals surface area contributed by atoms with Crippen molar-refractivity contribution in [3.63, 3.8) is 0 Å². The number of hydrogen-bond acceptors (Lipinski definition) is 4. The molecule has 3 aromatic heterocycles. The van der Waals surface area contributed by atoms with Crippen molar-refractivity contribution in [1.29, 1.82) is 0 Å². The first-order valence-corrected chi connectivity index (χ1v) is 6.56. The maximum absolute atomic E-state index is 12.5. The third-order valence-corrected chi connectivity index (χ3v) is 3.42. The van der Waals surface area contributed by atoms with Crippen LogP contribution < -0.4 is 5.56 Å². The van der Waals surface area contributed by atoms with Crippen LogP contribution in [0.4, 0.5) is 0 Å². The van der Waals surface area contributed by atoms with Gasteiger partial charge in [-0.25, -0.2) is 4.52 Å². The third-order valence-electron chi connectivity index (χ3n) is 3.42. The number of rotatable bonds is 2. The first-order valence-electron chi connectivity index (χ1n) is 6.56. The molecule has 21 heavy (non-hydrogen) atoms. The number of aromatic nitrogens is 5. The van der Waals surface area contributed by atoms with Crippen molar-refractivity contribution in [3.05, 3.63) is 70.8 Å². The highest BCUT2D eigenvalue weighted by Crippen LogP contribution is 2.09. The van der Waals surface area contributed by atoms with Gasteiger partial charge in [0.25, 0.3) is 5.56 Å². The van der Waals surface area contributed by atoms with Crippen LogP contribution in [0, 0.1) is 0 Å². The molecular weight excluding hydrogens is 266 g/mol. The molecule has 0 bridgehead atoms. The van der Waals surface area contributed by atoms with E-state index in [-0.39, 0.29) is 5.56 Å². The fourth-order valence-corrected chi connectivity index (χ4v) is 2.38. The Morgan fingerprint density at radius 1 is 1.00 bits per heavy atom. The van der Waals surface area contributed by atoms with Gasteiger partial charge in [0, 0.05) is 12.3 Å². The van der Waals surface area contributed by atoms with Crippen LogP contribution >= 0.6 is 0 Å². The van der Waals surface area contributed by atoms with E-state index in [0.29, 0.717) is 23.2 Å². The summed E-state index contributed by atoms with van der Waals surface area (Å²) in [5.41, 5.74) is 2.51. The van der Waals surface area contributed by atoms with Crippen LogP contribution in [0.25, 0.3) is 16.7 Å². The van der Waals surface area contributed by atoms with Gasteiger partial charge in [-0.3, -0.25) is 4.79 Å². The molecule has 1 aromatic carbocycles. The number of nitrogens with zero attached hydrogens (tertiary/aromatic N) is 5. The molecule has 4 rings (SSSR count). The maximum Gasteiger partial charge on any atom is 0.280 e. The Morgan fingerprint density at radius 2 is 1.86 bits per heavy atom. The van der Waals surface area contributed by atoms with Gasteiger partial charge < -0.3 is 4.57 Å². The van der Waals surface area contributed by atoms with Gasteiger partial charge in [0.2, 0.25) is 0 Å². The summed E-state index contributed by atoms with van der Waals surface area (Å²) in [4.78, 5) is 12.5. The van der Waals surface area contributed by atoms with E-state index in [1.54, 1.807) is 27.5 Å². The molecule has 3 heterocycles. The highest BCUT2D eigenvalue weighted by atomic mass is 16.1. The van der Waals surface area contributed by atoms with Crippen LogP contribution in [0.2, 0.25) is 0 Å². The number of hydrogen-bond donors (Lipinski definition) is 0. The minimum atomic E-state index is -0.166. The molecule has 0 saturated heterocycles. The predicted molar refractivity (Wildman–Crippen MR) is 78.1 cm³/mol. The summed E-state index contributed by atoms with van der Waals surface area (Å²) in [6, 6.07) is 13.4. The van der Waals surface area contributed by atoms with Gasteiger partial charge in [0.1, 0.15) is 5.52 Å². The molecule has 0 radical (unpaired) electrons. The van der Waals surface area contributed by atoms with E-state index < -0.39 is 0 Å². The first-order chi connectivity index (χ1) is 10.3. The van der Waals surface area contributed by atoms with Gasteiger partial charge in [-0.1, -0.05) is 30.3 Å². The molecule has 0 N–H and O–H groups in total. The summed E-state index contributed by atoms with van der Waals surface area (Å²) in [6.07, 6.45) is 3.40. The van der Waals surface area contributed by atoms with Crippen molar-refractivity contribution in [2.75, 3.05) is 0 Å². The lowest BCUT2D eigenvalue weighted by Crippen LogP contribution is -2.22. The second-order valence-corrected chi connectivity index (χ2v) is 4.77. The average molecular weight is 277 g/mol. The maximum atomic E-state index is 12.5. The van der Waals surface area contributed by atoms with Crippen molar-refractivity contribution in [2.45, 2.75) is 6.54 Å². The lowest BCUT2D eigenvalue weighted by Gasteiger charge is -2.07. The number of pyridine rings is 1. The molecule has 0 aliphatic rings. The quantitative estimate of drug-likeness (QED) is 0.557. The monoisotopic (exact) mass is 277 g/mol. The van der Waals surface area contributed by atoms with E-state index in [1.165, 1.54) is 0 Å². The van der Waals surface area contributed by atoms with Crippen molar-refractivity contribution in [3.8, 4) is 0 Å². The summed E-state index contributed by atoms with van der Waals surface area (Å²) in [5.74, 6) is 0. The summed E-state index contributed by atoms with van der Waals surface area (Å²) in [6.45, 7) is 0.508. The molecule has 0 spiro atoms. The average Bonchev–Trinajstić information content (AvgIpc) is 3.00. The van der Waals surface area contributed by atoms with E-state index in [0.717, 1.165) is 5.56 Å². The van der Waals surface area contributed by atoms with Crippen molar-refractivity contribution in [2.24, 2.45) is 0 Å². The van der Waals surface area contributed by atoms with Crippen molar-refractivity contribution >= 4 is 16.7 Å². The molecule has 0 unspecified atom stereocenters. The first kappa shape index (κ1) is 11.8. The van der Waals surface area contributed by atoms with Crippen LogP contribution in [0.15, 0.2) is 59.7 Å². The van der Waals surface area contributed by atoms with Gasteiger partial charge in [-0.2, -0.15) is 5.10 Å². The SMILES string of the molecule is O=c1c2nnc3ccnn3c2ccn1Cc1ccccc1. The Bertz CT molecular complexity index is 987. The zero-order chi connectivity index (χ0) is 14.2. The Kier molecular flexibility index (Phi) is 2.53. The fraction of sp³-hybridized carbons (Fsp3) is 0.0667. The molecule has 0 aliphatic heterocycles. The molecule has 6 nitrogen and oxygen atoms in total. The van der Waals surface area contributed by atoms with Gasteiger partial charge >= 0.3 is 0 Å². The molecule has 0 amide bonds. The fourth-order valence-electron chi connectivity index (χ4n) is 2.38. The Labute approximate surface area is 119 Å². The Morgan fingerprint density at radius 3 is 2.71 bits per heavy atom. The highest BCUT2D eigenvalue weighted by molar-refractivity contribution is 5.74. The minimum Gasteiger partial charge on any atom is -0.309 e. The summed E-state index contributed by atoms with van der Waals surface area (Å²) < 4.78 is 3.25. The number of benzene rings is 1. The summed E-state index contributed by atoms with van der Waals surface area (Å²) in [7, 11) is 0. The molecule has 0 fully saturated rings. The summed E-state index contributed by atoms with van der Waals surface area (Å²) >= 11 is 0. The van der Waals surface area contributed by atoms with Gasteiger partial charge in [0.15, 0.2) is 11.2 Å². The molecular formula is C15H11N5O. The zero-order valence-corrected chi connectivity index (χ0v) is 11.0. The van der Waals surface area contributed by atoms with Crippen LogP contribution in [-0.2, 0) is 6.54 Å². The van der Waals surface area contributed by atoms with Crippen LogP contribution in [0.1, 0.15) is 5.56 Å².